The van der Waals surface area contributed by atoms with Gasteiger partial charge < -0.3 is 10.1 Å². The molecule has 0 atom stereocenters. The minimum absolute atomic E-state index is 0.342. The van der Waals surface area contributed by atoms with Crippen molar-refractivity contribution < 1.29 is 9.53 Å². The number of alkyl halides is 1. The topological polar surface area (TPSA) is 38.3 Å². The van der Waals surface area contributed by atoms with E-state index < -0.39 is 0 Å². The lowest BCUT2D eigenvalue weighted by molar-refractivity contribution is -0.134. The number of allylic oxidation sites excluding steroid dienone is 1. The molecule has 0 heterocycles. The van der Waals surface area contributed by atoms with Gasteiger partial charge in [-0.25, -0.2) is 4.79 Å². The van der Waals surface area contributed by atoms with Gasteiger partial charge in [0, 0.05) is 24.2 Å². The minimum Gasteiger partial charge on any atom is -0.466 e. The molecule has 0 radical (unpaired) electrons. The molecule has 70 valence electrons. The van der Waals surface area contributed by atoms with Crippen LogP contribution in [-0.2, 0) is 9.53 Å². The number of methoxy groups -OCH3 is 1. The summed E-state index contributed by atoms with van der Waals surface area (Å²) in [6.07, 6.45) is 2.29. The Morgan fingerprint density at radius 2 is 2.33 bits per heavy atom. The van der Waals surface area contributed by atoms with E-state index in [1.54, 1.807) is 0 Å². The Hall–Kier alpha value is -0.700. The molecule has 0 fully saturated rings. The van der Waals surface area contributed by atoms with Gasteiger partial charge in [0.15, 0.2) is 0 Å². The van der Waals surface area contributed by atoms with Gasteiger partial charge in [-0.2, -0.15) is 0 Å². The van der Waals surface area contributed by atoms with Crippen molar-refractivity contribution in [2.45, 2.75) is 13.3 Å². The summed E-state index contributed by atoms with van der Waals surface area (Å²) >= 11 is 5.47. The summed E-state index contributed by atoms with van der Waals surface area (Å²) in [7, 11) is 1.35. The lowest BCUT2D eigenvalue weighted by Gasteiger charge is -2.03. The van der Waals surface area contributed by atoms with Crippen LogP contribution in [0.15, 0.2) is 11.8 Å². The molecule has 0 aromatic rings. The molecule has 0 aromatic carbocycles. The minimum atomic E-state index is -0.342. The fraction of sp³-hybridized carbons (Fsp3) is 0.625. The highest BCUT2D eigenvalue weighted by atomic mass is 35.5. The largest absolute Gasteiger partial charge is 0.466 e. The highest BCUT2D eigenvalue weighted by Gasteiger charge is 1.94. The number of carbonyl (C=O) groups is 1. The second-order valence-corrected chi connectivity index (χ2v) is 2.70. The number of hydrogen-bond acceptors (Lipinski definition) is 3. The second kappa shape index (κ2) is 6.98. The van der Waals surface area contributed by atoms with Crippen LogP contribution in [0.2, 0.25) is 0 Å². The molecule has 0 aromatic heterocycles. The maximum atomic E-state index is 10.7. The Morgan fingerprint density at radius 1 is 1.67 bits per heavy atom. The summed E-state index contributed by atoms with van der Waals surface area (Å²) in [4.78, 5) is 10.7. The van der Waals surface area contributed by atoms with Crippen LogP contribution in [0.4, 0.5) is 0 Å². The Morgan fingerprint density at radius 3 is 2.83 bits per heavy atom. The van der Waals surface area contributed by atoms with Gasteiger partial charge >= 0.3 is 5.97 Å². The second-order valence-electron chi connectivity index (χ2n) is 2.32. The fourth-order valence-corrected chi connectivity index (χ4v) is 0.773. The molecule has 0 aliphatic rings. The molecule has 4 heteroatoms. The van der Waals surface area contributed by atoms with Crippen LogP contribution in [0.3, 0.4) is 0 Å². The zero-order chi connectivity index (χ0) is 9.40. The average Bonchev–Trinajstić information content (AvgIpc) is 2.05. The monoisotopic (exact) mass is 191 g/mol. The van der Waals surface area contributed by atoms with Crippen LogP contribution in [0.1, 0.15) is 13.3 Å². The molecule has 0 saturated carbocycles. The molecular weight excluding hydrogens is 178 g/mol. The highest BCUT2D eigenvalue weighted by molar-refractivity contribution is 6.17. The molecule has 0 spiro atoms. The van der Waals surface area contributed by atoms with Gasteiger partial charge in [-0.3, -0.25) is 0 Å². The Labute approximate surface area is 77.7 Å². The number of ether oxygens (including phenoxy) is 1. The van der Waals surface area contributed by atoms with Gasteiger partial charge in [-0.1, -0.05) is 0 Å². The lowest BCUT2D eigenvalue weighted by atomic mass is 10.4. The van der Waals surface area contributed by atoms with Crippen molar-refractivity contribution in [3.63, 3.8) is 0 Å². The van der Waals surface area contributed by atoms with Gasteiger partial charge in [-0.15, -0.1) is 11.6 Å². The summed E-state index contributed by atoms with van der Waals surface area (Å²) in [6.45, 7) is 2.59. The van der Waals surface area contributed by atoms with Gasteiger partial charge in [-0.05, 0) is 13.3 Å². The van der Waals surface area contributed by atoms with E-state index in [0.29, 0.717) is 5.88 Å². The zero-order valence-electron chi connectivity index (χ0n) is 7.39. The summed E-state index contributed by atoms with van der Waals surface area (Å²) in [5, 5.41) is 3.02. The van der Waals surface area contributed by atoms with E-state index in [0.717, 1.165) is 18.7 Å². The number of hydrogen-bond donors (Lipinski definition) is 1. The van der Waals surface area contributed by atoms with Crippen molar-refractivity contribution in [1.82, 2.24) is 5.32 Å². The third kappa shape index (κ3) is 6.04. The Balaban J connectivity index is 3.62. The normalized spacial score (nSPS) is 11.1. The first-order valence-electron chi connectivity index (χ1n) is 3.76. The number of esters is 1. The summed E-state index contributed by atoms with van der Waals surface area (Å²) < 4.78 is 4.45. The van der Waals surface area contributed by atoms with E-state index >= 15 is 0 Å². The maximum absolute atomic E-state index is 10.7. The van der Waals surface area contributed by atoms with Crippen molar-refractivity contribution in [3.05, 3.63) is 11.8 Å². The predicted octanol–water partition coefficient (Wildman–Crippen LogP) is 1.28. The SMILES string of the molecule is COC(=O)/C=C(\C)NCCCCl. The standard InChI is InChI=1S/C8H14ClNO2/c1-7(6-8(11)12-2)10-5-3-4-9/h6,10H,3-5H2,1-2H3/b7-6+. The van der Waals surface area contributed by atoms with Crippen molar-refractivity contribution >= 4 is 17.6 Å². The molecule has 0 unspecified atom stereocenters. The molecule has 12 heavy (non-hydrogen) atoms. The molecule has 0 aliphatic carbocycles. The van der Waals surface area contributed by atoms with Crippen LogP contribution in [0.25, 0.3) is 0 Å². The van der Waals surface area contributed by atoms with Crippen molar-refractivity contribution in [3.8, 4) is 0 Å². The van der Waals surface area contributed by atoms with Crippen LogP contribution in [-0.4, -0.2) is 25.5 Å². The van der Waals surface area contributed by atoms with Gasteiger partial charge in [0.05, 0.1) is 7.11 Å². The zero-order valence-corrected chi connectivity index (χ0v) is 8.15. The van der Waals surface area contributed by atoms with Crippen molar-refractivity contribution in [1.29, 1.82) is 0 Å². The molecular formula is C8H14ClNO2. The summed E-state index contributed by atoms with van der Waals surface area (Å²) in [5.41, 5.74) is 0.798. The first-order valence-corrected chi connectivity index (χ1v) is 4.30. The Kier molecular flexibility index (Phi) is 6.57. The third-order valence-corrected chi connectivity index (χ3v) is 1.52. The predicted molar refractivity (Wildman–Crippen MR) is 49.1 cm³/mol. The van der Waals surface area contributed by atoms with E-state index in [9.17, 15) is 4.79 Å². The fourth-order valence-electron chi connectivity index (χ4n) is 0.639. The molecule has 3 nitrogen and oxygen atoms in total. The smallest absolute Gasteiger partial charge is 0.332 e. The number of nitrogens with one attached hydrogen (secondary N) is 1. The van der Waals surface area contributed by atoms with Crippen LogP contribution in [0, 0.1) is 0 Å². The van der Waals surface area contributed by atoms with Gasteiger partial charge in [0.2, 0.25) is 0 Å². The molecule has 0 amide bonds. The first-order chi connectivity index (χ1) is 5.70. The maximum Gasteiger partial charge on any atom is 0.332 e. The van der Waals surface area contributed by atoms with Crippen LogP contribution < -0.4 is 5.32 Å². The van der Waals surface area contributed by atoms with E-state index in [1.165, 1.54) is 13.2 Å². The number of halogens is 1. The highest BCUT2D eigenvalue weighted by Crippen LogP contribution is 1.89. The lowest BCUT2D eigenvalue weighted by Crippen LogP contribution is -2.14. The summed E-state index contributed by atoms with van der Waals surface area (Å²) in [5.74, 6) is 0.282. The van der Waals surface area contributed by atoms with Crippen LogP contribution >= 0.6 is 11.6 Å². The van der Waals surface area contributed by atoms with E-state index in [4.69, 9.17) is 11.6 Å². The quantitative estimate of drug-likeness (QED) is 0.308. The summed E-state index contributed by atoms with van der Waals surface area (Å²) in [6, 6.07) is 0. The number of rotatable bonds is 5. The van der Waals surface area contributed by atoms with Crippen LogP contribution in [0.5, 0.6) is 0 Å². The average molecular weight is 192 g/mol. The van der Waals surface area contributed by atoms with Crippen molar-refractivity contribution in [2.24, 2.45) is 0 Å². The molecule has 0 rings (SSSR count). The van der Waals surface area contributed by atoms with E-state index in [2.05, 4.69) is 10.1 Å². The van der Waals surface area contributed by atoms with Gasteiger partial charge in [0.25, 0.3) is 0 Å². The Bertz CT molecular complexity index is 168. The van der Waals surface area contributed by atoms with Crippen molar-refractivity contribution in [2.75, 3.05) is 19.5 Å². The van der Waals surface area contributed by atoms with E-state index in [-0.39, 0.29) is 5.97 Å². The van der Waals surface area contributed by atoms with E-state index in [1.807, 2.05) is 6.92 Å². The molecule has 0 aliphatic heterocycles. The molecule has 0 saturated heterocycles. The van der Waals surface area contributed by atoms with Gasteiger partial charge in [0.1, 0.15) is 0 Å². The number of carbonyl (C=O) groups excluding carboxylic acids is 1. The molecule has 0 bridgehead atoms. The first kappa shape index (κ1) is 11.3. The molecule has 1 N–H and O–H groups in total. The third-order valence-electron chi connectivity index (χ3n) is 1.25.